The lowest BCUT2D eigenvalue weighted by molar-refractivity contribution is 0.0170. The van der Waals surface area contributed by atoms with Crippen LogP contribution in [0.5, 0.6) is 0 Å². The van der Waals surface area contributed by atoms with Gasteiger partial charge in [-0.15, -0.1) is 0 Å². The number of nitrogens with zero attached hydrogens (tertiary/aromatic N) is 1. The largest absolute Gasteiger partial charge is 0.444 e. The first-order valence-corrected chi connectivity index (χ1v) is 7.12. The summed E-state index contributed by atoms with van der Waals surface area (Å²) >= 11 is 0. The van der Waals surface area contributed by atoms with Gasteiger partial charge in [-0.1, -0.05) is 0 Å². The number of likely N-dealkylation sites (tertiary alicyclic amines) is 1. The number of carbonyl (C=O) groups excluding carboxylic acids is 1. The third-order valence-electron chi connectivity index (χ3n) is 3.92. The van der Waals surface area contributed by atoms with E-state index >= 15 is 0 Å². The Bertz CT molecular complexity index is 307. The van der Waals surface area contributed by atoms with Gasteiger partial charge in [0.1, 0.15) is 5.60 Å². The van der Waals surface area contributed by atoms with Crippen LogP contribution < -0.4 is 5.73 Å². The molecule has 18 heavy (non-hydrogen) atoms. The Hall–Kier alpha value is -0.770. The van der Waals surface area contributed by atoms with Crippen molar-refractivity contribution in [3.63, 3.8) is 0 Å². The highest BCUT2D eigenvalue weighted by molar-refractivity contribution is 5.69. The Morgan fingerprint density at radius 2 is 2.06 bits per heavy atom. The average Bonchev–Trinajstić information content (AvgIpc) is 2.94. The van der Waals surface area contributed by atoms with Crippen LogP contribution >= 0.6 is 0 Å². The van der Waals surface area contributed by atoms with Crippen LogP contribution in [0.2, 0.25) is 0 Å². The molecule has 0 aromatic carbocycles. The Morgan fingerprint density at radius 3 is 2.56 bits per heavy atom. The lowest BCUT2D eigenvalue weighted by Crippen LogP contribution is -2.45. The number of rotatable bonds is 3. The second-order valence-electron chi connectivity index (χ2n) is 6.62. The van der Waals surface area contributed by atoms with Crippen LogP contribution in [-0.2, 0) is 4.74 Å². The third kappa shape index (κ3) is 3.16. The summed E-state index contributed by atoms with van der Waals surface area (Å²) < 4.78 is 5.49. The van der Waals surface area contributed by atoms with E-state index in [1.807, 2.05) is 25.7 Å². The number of carbonyl (C=O) groups is 1. The molecule has 2 N–H and O–H groups in total. The Morgan fingerprint density at radius 1 is 1.39 bits per heavy atom. The molecule has 1 aliphatic heterocycles. The SMILES string of the molecule is CC(C)(C)OC(=O)N1CCCC1C(CN)C1CC1. The molecule has 4 heteroatoms. The van der Waals surface area contributed by atoms with Gasteiger partial charge in [0.15, 0.2) is 0 Å². The maximum atomic E-state index is 12.2. The second kappa shape index (κ2) is 5.08. The monoisotopic (exact) mass is 254 g/mol. The lowest BCUT2D eigenvalue weighted by atomic mass is 9.93. The Labute approximate surface area is 110 Å². The molecule has 2 fully saturated rings. The maximum Gasteiger partial charge on any atom is 0.410 e. The van der Waals surface area contributed by atoms with E-state index in [0.717, 1.165) is 25.3 Å². The van der Waals surface area contributed by atoms with Crippen LogP contribution in [0, 0.1) is 11.8 Å². The van der Waals surface area contributed by atoms with Gasteiger partial charge in [-0.3, -0.25) is 0 Å². The molecule has 2 rings (SSSR count). The molecule has 0 bridgehead atoms. The molecule has 1 aliphatic carbocycles. The first kappa shape index (κ1) is 13.7. The molecule has 0 radical (unpaired) electrons. The van der Waals surface area contributed by atoms with Gasteiger partial charge in [-0.25, -0.2) is 4.79 Å². The zero-order chi connectivity index (χ0) is 13.3. The van der Waals surface area contributed by atoms with E-state index in [-0.39, 0.29) is 6.09 Å². The van der Waals surface area contributed by atoms with Crippen molar-refractivity contribution in [1.29, 1.82) is 0 Å². The van der Waals surface area contributed by atoms with Crippen molar-refractivity contribution < 1.29 is 9.53 Å². The molecule has 0 aromatic heterocycles. The molecule has 1 saturated carbocycles. The normalized spacial score (nSPS) is 26.2. The third-order valence-corrected chi connectivity index (χ3v) is 3.92. The highest BCUT2D eigenvalue weighted by Gasteiger charge is 2.42. The van der Waals surface area contributed by atoms with E-state index in [1.165, 1.54) is 12.8 Å². The fourth-order valence-electron chi connectivity index (χ4n) is 2.97. The van der Waals surface area contributed by atoms with Gasteiger partial charge in [-0.2, -0.15) is 0 Å². The second-order valence-corrected chi connectivity index (χ2v) is 6.62. The van der Waals surface area contributed by atoms with Crippen molar-refractivity contribution in [2.45, 2.75) is 58.1 Å². The molecule has 2 atom stereocenters. The molecule has 0 aromatic rings. The lowest BCUT2D eigenvalue weighted by Gasteiger charge is -2.32. The van der Waals surface area contributed by atoms with E-state index in [9.17, 15) is 4.79 Å². The van der Waals surface area contributed by atoms with Gasteiger partial charge in [0, 0.05) is 12.6 Å². The molecule has 0 spiro atoms. The summed E-state index contributed by atoms with van der Waals surface area (Å²) in [6.07, 6.45) is 4.55. The zero-order valence-electron chi connectivity index (χ0n) is 11.8. The van der Waals surface area contributed by atoms with Crippen molar-refractivity contribution in [2.24, 2.45) is 17.6 Å². The summed E-state index contributed by atoms with van der Waals surface area (Å²) in [5.41, 5.74) is 5.49. The van der Waals surface area contributed by atoms with Gasteiger partial charge >= 0.3 is 6.09 Å². The summed E-state index contributed by atoms with van der Waals surface area (Å²) in [6, 6.07) is 0.303. The summed E-state index contributed by atoms with van der Waals surface area (Å²) in [7, 11) is 0. The minimum absolute atomic E-state index is 0.163. The fourth-order valence-corrected chi connectivity index (χ4v) is 2.97. The standard InChI is InChI=1S/C14H26N2O2/c1-14(2,3)18-13(17)16-8-4-5-12(16)11(9-15)10-6-7-10/h10-12H,4-9,15H2,1-3H3. The van der Waals surface area contributed by atoms with E-state index < -0.39 is 5.60 Å². The number of amides is 1. The Kier molecular flexibility index (Phi) is 3.85. The minimum Gasteiger partial charge on any atom is -0.444 e. The van der Waals surface area contributed by atoms with Crippen LogP contribution in [0.25, 0.3) is 0 Å². The fraction of sp³-hybridized carbons (Fsp3) is 0.929. The molecule has 2 unspecified atom stereocenters. The van der Waals surface area contributed by atoms with Crippen LogP contribution in [-0.4, -0.2) is 35.7 Å². The predicted molar refractivity (Wildman–Crippen MR) is 71.2 cm³/mol. The maximum absolute atomic E-state index is 12.2. The van der Waals surface area contributed by atoms with Crippen molar-refractivity contribution in [2.75, 3.05) is 13.1 Å². The summed E-state index contributed by atoms with van der Waals surface area (Å²) in [4.78, 5) is 14.1. The van der Waals surface area contributed by atoms with Gasteiger partial charge in [0.25, 0.3) is 0 Å². The number of hydrogen-bond donors (Lipinski definition) is 1. The summed E-state index contributed by atoms with van der Waals surface area (Å²) in [5, 5.41) is 0. The minimum atomic E-state index is -0.415. The number of ether oxygens (including phenoxy) is 1. The summed E-state index contributed by atoms with van der Waals surface area (Å²) in [5.74, 6) is 1.21. The molecule has 2 aliphatic rings. The van der Waals surface area contributed by atoms with Crippen molar-refractivity contribution in [3.05, 3.63) is 0 Å². The summed E-state index contributed by atoms with van der Waals surface area (Å²) in [6.45, 7) is 7.25. The molecular weight excluding hydrogens is 228 g/mol. The van der Waals surface area contributed by atoms with Gasteiger partial charge < -0.3 is 15.4 Å². The molecule has 4 nitrogen and oxygen atoms in total. The van der Waals surface area contributed by atoms with Crippen LogP contribution in [0.1, 0.15) is 46.5 Å². The van der Waals surface area contributed by atoms with E-state index in [4.69, 9.17) is 10.5 Å². The van der Waals surface area contributed by atoms with Crippen molar-refractivity contribution in [3.8, 4) is 0 Å². The van der Waals surface area contributed by atoms with Gasteiger partial charge in [0.2, 0.25) is 0 Å². The number of hydrogen-bond acceptors (Lipinski definition) is 3. The Balaban J connectivity index is 2.00. The average molecular weight is 254 g/mol. The first-order valence-electron chi connectivity index (χ1n) is 7.12. The van der Waals surface area contributed by atoms with Crippen LogP contribution in [0.3, 0.4) is 0 Å². The van der Waals surface area contributed by atoms with Crippen LogP contribution in [0.15, 0.2) is 0 Å². The topological polar surface area (TPSA) is 55.6 Å². The predicted octanol–water partition coefficient (Wildman–Crippen LogP) is 2.37. The van der Waals surface area contributed by atoms with Crippen molar-refractivity contribution in [1.82, 2.24) is 4.90 Å². The molecule has 1 saturated heterocycles. The molecule has 104 valence electrons. The van der Waals surface area contributed by atoms with Crippen molar-refractivity contribution >= 4 is 6.09 Å². The molecule has 1 amide bonds. The zero-order valence-corrected chi connectivity index (χ0v) is 11.8. The van der Waals surface area contributed by atoms with Gasteiger partial charge in [0.05, 0.1) is 0 Å². The highest BCUT2D eigenvalue weighted by Crippen LogP contribution is 2.42. The molecular formula is C14H26N2O2. The van der Waals surface area contributed by atoms with E-state index in [1.54, 1.807) is 0 Å². The molecule has 1 heterocycles. The van der Waals surface area contributed by atoms with E-state index in [0.29, 0.717) is 18.5 Å². The number of nitrogens with two attached hydrogens (primary N) is 1. The van der Waals surface area contributed by atoms with Gasteiger partial charge in [-0.05, 0) is 64.8 Å². The van der Waals surface area contributed by atoms with Crippen LogP contribution in [0.4, 0.5) is 4.79 Å². The smallest absolute Gasteiger partial charge is 0.410 e. The highest BCUT2D eigenvalue weighted by atomic mass is 16.6. The van der Waals surface area contributed by atoms with E-state index in [2.05, 4.69) is 0 Å². The quantitative estimate of drug-likeness (QED) is 0.841. The first-order chi connectivity index (χ1) is 8.42.